The number of hydrogen-bond donors (Lipinski definition) is 2. The van der Waals surface area contributed by atoms with Crippen molar-refractivity contribution in [2.75, 3.05) is 0 Å². The Morgan fingerprint density at radius 2 is 1.59 bits per heavy atom. The molecule has 0 aliphatic heterocycles. The molecule has 0 unspecified atom stereocenters. The second kappa shape index (κ2) is 4.11. The minimum atomic E-state index is -0.848. The molecule has 0 radical (unpaired) electrons. The third-order valence-electron chi connectivity index (χ3n) is 3.54. The quantitative estimate of drug-likeness (QED) is 0.382. The van der Waals surface area contributed by atoms with Gasteiger partial charge in [-0.15, -0.1) is 0 Å². The lowest BCUT2D eigenvalue weighted by Gasteiger charge is -2.08. The van der Waals surface area contributed by atoms with Crippen LogP contribution in [0.25, 0.3) is 32.7 Å². The largest absolute Gasteiger partial charge is 0.507 e. The Balaban J connectivity index is 2.50. The molecule has 0 amide bonds. The van der Waals surface area contributed by atoms with Crippen molar-refractivity contribution < 1.29 is 19.0 Å². The highest BCUT2D eigenvalue weighted by Crippen LogP contribution is 2.37. The van der Waals surface area contributed by atoms with E-state index in [2.05, 4.69) is 0 Å². The fourth-order valence-electron chi connectivity index (χ4n) is 2.67. The fraction of sp³-hybridized carbons (Fsp3) is 0. The van der Waals surface area contributed by atoms with Gasteiger partial charge >= 0.3 is 5.63 Å². The van der Waals surface area contributed by atoms with Crippen molar-refractivity contribution in [2.45, 2.75) is 0 Å². The number of para-hydroxylation sites is 1. The van der Waals surface area contributed by atoms with E-state index in [-0.39, 0.29) is 27.5 Å². The summed E-state index contributed by atoms with van der Waals surface area (Å²) >= 11 is 0. The van der Waals surface area contributed by atoms with Gasteiger partial charge < -0.3 is 19.0 Å². The van der Waals surface area contributed by atoms with Gasteiger partial charge in [-0.1, -0.05) is 18.2 Å². The number of hydrogen-bond acceptors (Lipinski definition) is 6. The van der Waals surface area contributed by atoms with Crippen molar-refractivity contribution in [1.82, 2.24) is 0 Å². The van der Waals surface area contributed by atoms with E-state index in [9.17, 15) is 19.8 Å². The van der Waals surface area contributed by atoms with E-state index in [1.165, 1.54) is 0 Å². The van der Waals surface area contributed by atoms with Crippen LogP contribution in [0.15, 0.2) is 54.8 Å². The van der Waals surface area contributed by atoms with Gasteiger partial charge in [0.15, 0.2) is 5.43 Å². The predicted molar refractivity (Wildman–Crippen MR) is 79.4 cm³/mol. The third kappa shape index (κ3) is 1.54. The molecule has 4 aromatic rings. The molecule has 6 nitrogen and oxygen atoms in total. The highest BCUT2D eigenvalue weighted by Gasteiger charge is 2.19. The summed E-state index contributed by atoms with van der Waals surface area (Å²) in [5.74, 6) is -0.929. The highest BCUT2D eigenvalue weighted by molar-refractivity contribution is 6.19. The van der Waals surface area contributed by atoms with E-state index in [1.807, 2.05) is 0 Å². The SMILES string of the molecule is O=c1cc(O)c2c(c1)oc(=O)c1c(O)oc3ccccc3c12. The molecule has 0 atom stereocenters. The predicted octanol–water partition coefficient (Wildman–Crippen LogP) is 2.46. The number of rotatable bonds is 0. The Morgan fingerprint density at radius 1 is 0.818 bits per heavy atom. The van der Waals surface area contributed by atoms with Gasteiger partial charge in [-0.05, 0) is 6.07 Å². The summed E-state index contributed by atoms with van der Waals surface area (Å²) in [5, 5.41) is 20.9. The topological polar surface area (TPSA) is 101 Å². The van der Waals surface area contributed by atoms with E-state index in [4.69, 9.17) is 8.83 Å². The van der Waals surface area contributed by atoms with Crippen LogP contribution in [0.5, 0.6) is 11.7 Å². The summed E-state index contributed by atoms with van der Waals surface area (Å²) in [7, 11) is 0. The number of fused-ring (bicyclic) bond motifs is 5. The van der Waals surface area contributed by atoms with Gasteiger partial charge in [0.05, 0.1) is 5.39 Å². The van der Waals surface area contributed by atoms with Crippen LogP contribution in [0.1, 0.15) is 0 Å². The molecule has 4 rings (SSSR count). The van der Waals surface area contributed by atoms with Crippen LogP contribution in [0.4, 0.5) is 0 Å². The van der Waals surface area contributed by atoms with Gasteiger partial charge in [0, 0.05) is 22.9 Å². The lowest BCUT2D eigenvalue weighted by molar-refractivity contribution is 0.346. The Hall–Kier alpha value is -3.28. The number of benzene rings is 2. The Labute approximate surface area is 121 Å². The maximum Gasteiger partial charge on any atom is 0.351 e. The molecule has 2 aromatic heterocycles. The van der Waals surface area contributed by atoms with Gasteiger partial charge in [-0.25, -0.2) is 4.79 Å². The number of phenolic OH excluding ortho intramolecular Hbond substituents is 1. The first kappa shape index (κ1) is 12.5. The maximum atomic E-state index is 12.1. The molecule has 108 valence electrons. The monoisotopic (exact) mass is 296 g/mol. The average Bonchev–Trinajstić information content (AvgIpc) is 2.45. The minimum Gasteiger partial charge on any atom is -0.507 e. The van der Waals surface area contributed by atoms with Gasteiger partial charge in [0.1, 0.15) is 22.3 Å². The molecule has 0 spiro atoms. The van der Waals surface area contributed by atoms with Crippen LogP contribution >= 0.6 is 0 Å². The molecule has 0 saturated carbocycles. The third-order valence-corrected chi connectivity index (χ3v) is 3.54. The van der Waals surface area contributed by atoms with Crippen LogP contribution in [0, 0.1) is 0 Å². The van der Waals surface area contributed by atoms with Crippen LogP contribution in [-0.2, 0) is 0 Å². The summed E-state index contributed by atoms with van der Waals surface area (Å²) < 4.78 is 10.3. The maximum absolute atomic E-state index is 12.1. The van der Waals surface area contributed by atoms with Crippen LogP contribution in [0.2, 0.25) is 0 Å². The van der Waals surface area contributed by atoms with Crippen molar-refractivity contribution in [2.24, 2.45) is 0 Å². The zero-order valence-corrected chi connectivity index (χ0v) is 11.0. The van der Waals surface area contributed by atoms with Crippen LogP contribution < -0.4 is 11.1 Å². The summed E-state index contributed by atoms with van der Waals surface area (Å²) in [5.41, 5.74) is -1.04. The van der Waals surface area contributed by atoms with Gasteiger partial charge in [0.2, 0.25) is 0 Å². The van der Waals surface area contributed by atoms with E-state index >= 15 is 0 Å². The Morgan fingerprint density at radius 3 is 2.41 bits per heavy atom. The van der Waals surface area contributed by atoms with Crippen LogP contribution in [-0.4, -0.2) is 10.2 Å². The first-order valence-corrected chi connectivity index (χ1v) is 6.40. The highest BCUT2D eigenvalue weighted by atomic mass is 16.5. The van der Waals surface area contributed by atoms with Crippen molar-refractivity contribution in [3.8, 4) is 11.7 Å². The summed E-state index contributed by atoms with van der Waals surface area (Å²) in [6.07, 6.45) is 0. The number of phenols is 1. The number of aromatic hydroxyl groups is 2. The molecule has 0 bridgehead atoms. The van der Waals surface area contributed by atoms with Crippen molar-refractivity contribution >= 4 is 32.7 Å². The average molecular weight is 296 g/mol. The second-order valence-corrected chi connectivity index (χ2v) is 4.86. The summed E-state index contributed by atoms with van der Waals surface area (Å²) in [6.45, 7) is 0. The molecular formula is C16H8O6. The van der Waals surface area contributed by atoms with Gasteiger partial charge in [-0.2, -0.15) is 0 Å². The second-order valence-electron chi connectivity index (χ2n) is 4.86. The fourth-order valence-corrected chi connectivity index (χ4v) is 2.67. The molecule has 6 heteroatoms. The molecule has 0 aliphatic rings. The lowest BCUT2D eigenvalue weighted by Crippen LogP contribution is -2.04. The van der Waals surface area contributed by atoms with E-state index in [1.54, 1.807) is 24.3 Å². The Bertz CT molecular complexity index is 1180. The molecule has 22 heavy (non-hydrogen) atoms. The van der Waals surface area contributed by atoms with Gasteiger partial charge in [0.25, 0.3) is 5.95 Å². The zero-order chi connectivity index (χ0) is 15.4. The molecule has 0 saturated heterocycles. The molecule has 2 heterocycles. The minimum absolute atomic E-state index is 0.0433. The van der Waals surface area contributed by atoms with E-state index in [0.717, 1.165) is 12.1 Å². The zero-order valence-electron chi connectivity index (χ0n) is 11.0. The molecule has 2 aromatic carbocycles. The smallest absolute Gasteiger partial charge is 0.351 e. The molecule has 0 aliphatic carbocycles. The van der Waals surface area contributed by atoms with Crippen LogP contribution in [0.3, 0.4) is 0 Å². The molecular weight excluding hydrogens is 288 g/mol. The molecule has 0 fully saturated rings. The normalized spacial score (nSPS) is 11.5. The summed E-state index contributed by atoms with van der Waals surface area (Å²) in [4.78, 5) is 23.6. The van der Waals surface area contributed by atoms with Gasteiger partial charge in [-0.3, -0.25) is 4.79 Å². The van der Waals surface area contributed by atoms with Crippen molar-refractivity contribution in [1.29, 1.82) is 0 Å². The van der Waals surface area contributed by atoms with E-state index in [0.29, 0.717) is 11.0 Å². The summed E-state index contributed by atoms with van der Waals surface area (Å²) in [6, 6.07) is 8.88. The first-order valence-electron chi connectivity index (χ1n) is 6.40. The van der Waals surface area contributed by atoms with Crippen molar-refractivity contribution in [3.05, 3.63) is 57.0 Å². The van der Waals surface area contributed by atoms with E-state index < -0.39 is 17.0 Å². The Kier molecular flexibility index (Phi) is 2.33. The molecule has 2 N–H and O–H groups in total. The lowest BCUT2D eigenvalue weighted by atomic mass is 10.0. The standard InChI is InChI=1S/C16H8O6/c17-7-5-9(18)13-11(6-7)22-16(20)14-12(13)8-3-1-2-4-10(8)21-15(14)19/h1-6,18-19H. The first-order chi connectivity index (χ1) is 10.6. The van der Waals surface area contributed by atoms with Crippen molar-refractivity contribution in [3.63, 3.8) is 0 Å².